The maximum Gasteiger partial charge on any atom is 0.00967 e. The molecule has 2 nitrogen and oxygen atoms in total. The molecule has 1 unspecified atom stereocenters. The van der Waals surface area contributed by atoms with Crippen LogP contribution < -0.4 is 10.6 Å². The molecule has 20 heavy (non-hydrogen) atoms. The van der Waals surface area contributed by atoms with E-state index in [1.54, 1.807) is 0 Å². The van der Waals surface area contributed by atoms with E-state index in [-0.39, 0.29) is 5.54 Å². The number of hydrogen-bond donors (Lipinski definition) is 2. The van der Waals surface area contributed by atoms with Gasteiger partial charge in [0.15, 0.2) is 0 Å². The molecule has 2 heteroatoms. The van der Waals surface area contributed by atoms with E-state index in [2.05, 4.69) is 61.7 Å². The van der Waals surface area contributed by atoms with Gasteiger partial charge in [-0.15, -0.1) is 0 Å². The Balaban J connectivity index is 1.82. The first-order chi connectivity index (χ1) is 9.54. The van der Waals surface area contributed by atoms with Crippen molar-refractivity contribution < 1.29 is 0 Å². The highest BCUT2D eigenvalue weighted by Gasteiger charge is 2.20. The Morgan fingerprint density at radius 3 is 2.45 bits per heavy atom. The van der Waals surface area contributed by atoms with Crippen LogP contribution in [0, 0.1) is 0 Å². The van der Waals surface area contributed by atoms with Gasteiger partial charge in [-0.05, 0) is 64.5 Å². The first-order valence-corrected chi connectivity index (χ1v) is 8.08. The van der Waals surface area contributed by atoms with Crippen LogP contribution in [0.5, 0.6) is 0 Å². The van der Waals surface area contributed by atoms with Crippen molar-refractivity contribution in [2.24, 2.45) is 0 Å². The monoisotopic (exact) mass is 274 g/mol. The lowest BCUT2D eigenvalue weighted by molar-refractivity contribution is 0.395. The van der Waals surface area contributed by atoms with E-state index in [0.29, 0.717) is 5.92 Å². The molecule has 112 valence electrons. The van der Waals surface area contributed by atoms with Crippen molar-refractivity contribution in [1.82, 2.24) is 10.6 Å². The fraction of sp³-hybridized carbons (Fsp3) is 0.667. The normalized spacial score (nSPS) is 17.1. The molecule has 1 aromatic rings. The van der Waals surface area contributed by atoms with Gasteiger partial charge < -0.3 is 10.6 Å². The fourth-order valence-corrected chi connectivity index (χ4v) is 2.48. The van der Waals surface area contributed by atoms with Crippen molar-refractivity contribution >= 4 is 0 Å². The lowest BCUT2D eigenvalue weighted by Crippen LogP contribution is -2.38. The van der Waals surface area contributed by atoms with E-state index in [9.17, 15) is 0 Å². The van der Waals surface area contributed by atoms with Gasteiger partial charge in [-0.1, -0.05) is 30.3 Å². The Kier molecular flexibility index (Phi) is 5.62. The Morgan fingerprint density at radius 2 is 1.85 bits per heavy atom. The van der Waals surface area contributed by atoms with E-state index < -0.39 is 0 Å². The lowest BCUT2D eigenvalue weighted by atomic mass is 9.93. The minimum absolute atomic E-state index is 0.194. The molecule has 0 saturated heterocycles. The highest BCUT2D eigenvalue weighted by molar-refractivity contribution is 5.20. The van der Waals surface area contributed by atoms with Gasteiger partial charge >= 0.3 is 0 Å². The number of rotatable bonds is 8. The van der Waals surface area contributed by atoms with Crippen LogP contribution in [-0.2, 0) is 0 Å². The van der Waals surface area contributed by atoms with E-state index in [4.69, 9.17) is 0 Å². The summed E-state index contributed by atoms with van der Waals surface area (Å²) in [6, 6.07) is 11.8. The van der Waals surface area contributed by atoms with Gasteiger partial charge in [-0.2, -0.15) is 0 Å². The van der Waals surface area contributed by atoms with Gasteiger partial charge in [0.2, 0.25) is 0 Å². The molecule has 0 heterocycles. The van der Waals surface area contributed by atoms with Crippen LogP contribution in [0.2, 0.25) is 0 Å². The summed E-state index contributed by atoms with van der Waals surface area (Å²) in [4.78, 5) is 0. The van der Waals surface area contributed by atoms with Crippen LogP contribution in [0.25, 0.3) is 0 Å². The molecule has 1 fully saturated rings. The zero-order valence-electron chi connectivity index (χ0n) is 13.3. The van der Waals surface area contributed by atoms with E-state index in [0.717, 1.165) is 12.6 Å². The van der Waals surface area contributed by atoms with Gasteiger partial charge in [-0.25, -0.2) is 0 Å². The first kappa shape index (κ1) is 15.5. The quantitative estimate of drug-likeness (QED) is 0.707. The molecule has 1 aliphatic rings. The number of hydrogen-bond acceptors (Lipinski definition) is 2. The standard InChI is InChI=1S/C18H30N2/c1-18(2,3)20-14-16(15-8-5-4-6-9-15)10-7-13-19-17-11-12-17/h4-6,8-9,16-17,19-20H,7,10-14H2,1-3H3. The average molecular weight is 274 g/mol. The van der Waals surface area contributed by atoms with Crippen LogP contribution in [0.1, 0.15) is 57.9 Å². The molecular formula is C18H30N2. The molecule has 2 rings (SSSR count). The van der Waals surface area contributed by atoms with Crippen LogP contribution in [-0.4, -0.2) is 24.7 Å². The SMILES string of the molecule is CC(C)(C)NCC(CCCNC1CC1)c1ccccc1. The minimum atomic E-state index is 0.194. The van der Waals surface area contributed by atoms with E-state index in [1.165, 1.54) is 37.8 Å². The van der Waals surface area contributed by atoms with Crippen molar-refractivity contribution in [1.29, 1.82) is 0 Å². The van der Waals surface area contributed by atoms with Crippen LogP contribution >= 0.6 is 0 Å². The summed E-state index contributed by atoms with van der Waals surface area (Å²) in [6.45, 7) is 8.96. The maximum absolute atomic E-state index is 3.66. The van der Waals surface area contributed by atoms with Crippen LogP contribution in [0.4, 0.5) is 0 Å². The Hall–Kier alpha value is -0.860. The highest BCUT2D eigenvalue weighted by atomic mass is 15.0. The summed E-state index contributed by atoms with van der Waals surface area (Å²) in [6.07, 6.45) is 5.29. The molecule has 1 atom stereocenters. The zero-order chi connectivity index (χ0) is 14.4. The van der Waals surface area contributed by atoms with Crippen molar-refractivity contribution in [2.75, 3.05) is 13.1 Å². The third kappa shape index (κ3) is 6.06. The second-order valence-corrected chi connectivity index (χ2v) is 7.11. The molecule has 2 N–H and O–H groups in total. The fourth-order valence-electron chi connectivity index (χ4n) is 2.48. The molecule has 0 bridgehead atoms. The highest BCUT2D eigenvalue weighted by Crippen LogP contribution is 2.22. The Bertz CT molecular complexity index is 376. The largest absolute Gasteiger partial charge is 0.314 e. The summed E-state index contributed by atoms with van der Waals surface area (Å²) in [5, 5.41) is 7.28. The smallest absolute Gasteiger partial charge is 0.00967 e. The summed E-state index contributed by atoms with van der Waals surface area (Å²) in [5.41, 5.74) is 1.66. The number of nitrogens with one attached hydrogen (secondary N) is 2. The van der Waals surface area contributed by atoms with Crippen LogP contribution in [0.15, 0.2) is 30.3 Å². The molecule has 0 radical (unpaired) electrons. The predicted molar refractivity (Wildman–Crippen MR) is 87.2 cm³/mol. The van der Waals surface area contributed by atoms with Crippen molar-refractivity contribution in [2.45, 2.75) is 64.0 Å². The van der Waals surface area contributed by atoms with Crippen molar-refractivity contribution in [3.8, 4) is 0 Å². The van der Waals surface area contributed by atoms with Gasteiger partial charge in [0, 0.05) is 18.1 Å². The Morgan fingerprint density at radius 1 is 1.15 bits per heavy atom. The molecule has 0 amide bonds. The molecule has 0 aromatic heterocycles. The van der Waals surface area contributed by atoms with Crippen molar-refractivity contribution in [3.63, 3.8) is 0 Å². The lowest BCUT2D eigenvalue weighted by Gasteiger charge is -2.26. The van der Waals surface area contributed by atoms with Gasteiger partial charge in [0.05, 0.1) is 0 Å². The van der Waals surface area contributed by atoms with Gasteiger partial charge in [0.1, 0.15) is 0 Å². The maximum atomic E-state index is 3.66. The molecule has 0 spiro atoms. The molecule has 1 aromatic carbocycles. The van der Waals surface area contributed by atoms with E-state index in [1.807, 2.05) is 0 Å². The number of benzene rings is 1. The first-order valence-electron chi connectivity index (χ1n) is 8.08. The Labute approximate surface area is 124 Å². The topological polar surface area (TPSA) is 24.1 Å². The average Bonchev–Trinajstić information content (AvgIpc) is 3.22. The third-order valence-corrected chi connectivity index (χ3v) is 3.89. The minimum Gasteiger partial charge on any atom is -0.314 e. The molecule has 1 saturated carbocycles. The summed E-state index contributed by atoms with van der Waals surface area (Å²) >= 11 is 0. The second kappa shape index (κ2) is 7.24. The van der Waals surface area contributed by atoms with Gasteiger partial charge in [0.25, 0.3) is 0 Å². The molecular weight excluding hydrogens is 244 g/mol. The summed E-state index contributed by atoms with van der Waals surface area (Å²) < 4.78 is 0. The summed E-state index contributed by atoms with van der Waals surface area (Å²) in [7, 11) is 0. The van der Waals surface area contributed by atoms with E-state index >= 15 is 0 Å². The predicted octanol–water partition coefficient (Wildman–Crippen LogP) is 3.69. The third-order valence-electron chi connectivity index (χ3n) is 3.89. The van der Waals surface area contributed by atoms with Crippen LogP contribution in [0.3, 0.4) is 0 Å². The molecule has 0 aliphatic heterocycles. The molecule has 1 aliphatic carbocycles. The van der Waals surface area contributed by atoms with Gasteiger partial charge in [-0.3, -0.25) is 0 Å². The zero-order valence-corrected chi connectivity index (χ0v) is 13.3. The summed E-state index contributed by atoms with van der Waals surface area (Å²) in [5.74, 6) is 0.622. The van der Waals surface area contributed by atoms with Crippen molar-refractivity contribution in [3.05, 3.63) is 35.9 Å². The second-order valence-electron chi connectivity index (χ2n) is 7.11.